The van der Waals surface area contributed by atoms with E-state index in [1.54, 1.807) is 12.4 Å². The molecule has 10 nitrogen and oxygen atoms in total. The highest BCUT2D eigenvalue weighted by atomic mass is 32.1. The Labute approximate surface area is 180 Å². The third-order valence-corrected chi connectivity index (χ3v) is 6.63. The molecule has 0 saturated heterocycles. The fraction of sp³-hybridized carbons (Fsp3) is 0.444. The van der Waals surface area contributed by atoms with Crippen LogP contribution < -0.4 is 10.6 Å². The van der Waals surface area contributed by atoms with Crippen LogP contribution in [0.1, 0.15) is 47.7 Å². The van der Waals surface area contributed by atoms with Gasteiger partial charge in [0.05, 0.1) is 6.42 Å². The summed E-state index contributed by atoms with van der Waals surface area (Å²) >= 11 is 2.85. The maximum absolute atomic E-state index is 12.2. The summed E-state index contributed by atoms with van der Waals surface area (Å²) in [5.41, 5.74) is 0.747. The number of amides is 2. The van der Waals surface area contributed by atoms with Gasteiger partial charge in [-0.25, -0.2) is 9.97 Å². The SMILES string of the molecule is CC(=O)Nc1nnc(C[C@H]2CC[C@@H](c3nnc(NC(=O)Cc4cncnc4)s3)C2)s1. The topological polar surface area (TPSA) is 136 Å². The van der Waals surface area contributed by atoms with E-state index >= 15 is 0 Å². The second-order valence-electron chi connectivity index (χ2n) is 7.18. The van der Waals surface area contributed by atoms with Crippen LogP contribution in [0.3, 0.4) is 0 Å². The molecule has 3 heterocycles. The van der Waals surface area contributed by atoms with Crippen LogP contribution in [0, 0.1) is 5.92 Å². The lowest BCUT2D eigenvalue weighted by molar-refractivity contribution is -0.116. The standard InChI is InChI=1S/C18H20N8O2S2/c1-10(27)21-17-25-23-15(29-17)6-11-2-3-13(4-11)16-24-26-18(30-16)22-14(28)5-12-7-19-9-20-8-12/h7-9,11,13H,2-6H2,1H3,(H,21,25,27)(H,22,26,28)/t11-,13+/m0/s1. The van der Waals surface area contributed by atoms with E-state index in [9.17, 15) is 9.59 Å². The molecule has 0 aliphatic heterocycles. The van der Waals surface area contributed by atoms with E-state index in [4.69, 9.17) is 0 Å². The van der Waals surface area contributed by atoms with Crippen molar-refractivity contribution in [1.29, 1.82) is 0 Å². The van der Waals surface area contributed by atoms with Crippen LogP contribution in [0.5, 0.6) is 0 Å². The summed E-state index contributed by atoms with van der Waals surface area (Å²) in [5.74, 6) is 0.523. The van der Waals surface area contributed by atoms with Crippen molar-refractivity contribution in [2.45, 2.75) is 44.9 Å². The van der Waals surface area contributed by atoms with Crippen molar-refractivity contribution in [2.24, 2.45) is 5.92 Å². The zero-order valence-corrected chi connectivity index (χ0v) is 17.9. The van der Waals surface area contributed by atoms with Crippen molar-refractivity contribution in [3.63, 3.8) is 0 Å². The van der Waals surface area contributed by atoms with Crippen LogP contribution in [0.15, 0.2) is 18.7 Å². The van der Waals surface area contributed by atoms with Gasteiger partial charge >= 0.3 is 0 Å². The van der Waals surface area contributed by atoms with Crippen molar-refractivity contribution in [2.75, 3.05) is 10.6 Å². The maximum Gasteiger partial charge on any atom is 0.230 e. The minimum atomic E-state index is -0.164. The first-order chi connectivity index (χ1) is 14.5. The molecule has 2 N–H and O–H groups in total. The van der Waals surface area contributed by atoms with Gasteiger partial charge in [-0.1, -0.05) is 22.7 Å². The van der Waals surface area contributed by atoms with Crippen molar-refractivity contribution in [3.8, 4) is 0 Å². The zero-order valence-electron chi connectivity index (χ0n) is 16.2. The average molecular weight is 445 g/mol. The van der Waals surface area contributed by atoms with Crippen LogP contribution in [0.25, 0.3) is 0 Å². The molecule has 30 heavy (non-hydrogen) atoms. The highest BCUT2D eigenvalue weighted by Gasteiger charge is 2.29. The summed E-state index contributed by atoms with van der Waals surface area (Å²) < 4.78 is 0. The molecule has 1 aliphatic rings. The second kappa shape index (κ2) is 9.30. The first kappa shape index (κ1) is 20.4. The summed E-state index contributed by atoms with van der Waals surface area (Å²) in [6.45, 7) is 1.46. The van der Waals surface area contributed by atoms with E-state index < -0.39 is 0 Å². The van der Waals surface area contributed by atoms with Crippen molar-refractivity contribution in [1.82, 2.24) is 30.4 Å². The molecule has 0 bridgehead atoms. The minimum absolute atomic E-state index is 0.144. The number of nitrogens with one attached hydrogen (secondary N) is 2. The van der Waals surface area contributed by atoms with Crippen LogP contribution in [0.2, 0.25) is 0 Å². The summed E-state index contributed by atoms with van der Waals surface area (Å²) in [6.07, 6.45) is 8.82. The molecule has 0 spiro atoms. The Morgan fingerprint density at radius 2 is 1.80 bits per heavy atom. The van der Waals surface area contributed by atoms with E-state index in [0.717, 1.165) is 41.3 Å². The first-order valence-electron chi connectivity index (χ1n) is 9.52. The molecular formula is C18H20N8O2S2. The largest absolute Gasteiger partial charge is 0.301 e. The van der Waals surface area contributed by atoms with E-state index in [1.807, 2.05) is 0 Å². The Morgan fingerprint density at radius 1 is 1.03 bits per heavy atom. The Morgan fingerprint density at radius 3 is 2.60 bits per heavy atom. The third-order valence-electron chi connectivity index (χ3n) is 4.77. The molecule has 3 aromatic rings. The number of hydrogen-bond donors (Lipinski definition) is 2. The van der Waals surface area contributed by atoms with Crippen molar-refractivity contribution >= 4 is 44.8 Å². The number of rotatable bonds is 7. The summed E-state index contributed by atoms with van der Waals surface area (Å²) in [4.78, 5) is 31.1. The van der Waals surface area contributed by atoms with E-state index in [1.165, 1.54) is 35.9 Å². The molecule has 4 rings (SSSR count). The van der Waals surface area contributed by atoms with Crippen LogP contribution in [0.4, 0.5) is 10.3 Å². The smallest absolute Gasteiger partial charge is 0.230 e. The fourth-order valence-corrected chi connectivity index (χ4v) is 5.30. The van der Waals surface area contributed by atoms with Gasteiger partial charge in [0.25, 0.3) is 0 Å². The van der Waals surface area contributed by atoms with Crippen LogP contribution >= 0.6 is 22.7 Å². The summed E-state index contributed by atoms with van der Waals surface area (Å²) in [5, 5.41) is 25.0. The van der Waals surface area contributed by atoms with Crippen molar-refractivity contribution in [3.05, 3.63) is 34.3 Å². The lowest BCUT2D eigenvalue weighted by Gasteiger charge is -2.06. The Balaban J connectivity index is 1.28. The van der Waals surface area contributed by atoms with E-state index in [2.05, 4.69) is 41.0 Å². The van der Waals surface area contributed by atoms with Gasteiger partial charge in [-0.15, -0.1) is 20.4 Å². The minimum Gasteiger partial charge on any atom is -0.301 e. The first-order valence-corrected chi connectivity index (χ1v) is 11.2. The quantitative estimate of drug-likeness (QED) is 0.567. The maximum atomic E-state index is 12.2. The number of carbonyl (C=O) groups is 2. The number of anilines is 2. The van der Waals surface area contributed by atoms with Gasteiger partial charge in [-0.05, 0) is 30.7 Å². The highest BCUT2D eigenvalue weighted by Crippen LogP contribution is 2.41. The molecule has 3 aromatic heterocycles. The molecule has 1 aliphatic carbocycles. The molecule has 2 amide bonds. The van der Waals surface area contributed by atoms with E-state index in [0.29, 0.717) is 22.1 Å². The fourth-order valence-electron chi connectivity index (χ4n) is 3.49. The van der Waals surface area contributed by atoms with Gasteiger partial charge in [0.1, 0.15) is 16.3 Å². The molecule has 12 heteroatoms. The van der Waals surface area contributed by atoms with Gasteiger partial charge in [0.2, 0.25) is 22.1 Å². The van der Waals surface area contributed by atoms with Crippen LogP contribution in [-0.2, 0) is 22.4 Å². The molecule has 0 aromatic carbocycles. The van der Waals surface area contributed by atoms with Gasteiger partial charge in [-0.2, -0.15) is 0 Å². The molecule has 0 unspecified atom stereocenters. The van der Waals surface area contributed by atoms with E-state index in [-0.39, 0.29) is 18.2 Å². The van der Waals surface area contributed by atoms with Gasteiger partial charge < -0.3 is 10.6 Å². The highest BCUT2D eigenvalue weighted by molar-refractivity contribution is 7.15. The van der Waals surface area contributed by atoms with Crippen LogP contribution in [-0.4, -0.2) is 42.2 Å². The number of aromatic nitrogens is 6. The molecule has 2 atom stereocenters. The molecule has 156 valence electrons. The third kappa shape index (κ3) is 5.39. The Bertz CT molecular complexity index is 1020. The van der Waals surface area contributed by atoms with Crippen molar-refractivity contribution < 1.29 is 9.59 Å². The van der Waals surface area contributed by atoms with Gasteiger partial charge in [-0.3, -0.25) is 9.59 Å². The predicted molar refractivity (Wildman–Crippen MR) is 112 cm³/mol. The van der Waals surface area contributed by atoms with Gasteiger partial charge in [0, 0.05) is 31.7 Å². The predicted octanol–water partition coefficient (Wildman–Crippen LogP) is 2.45. The zero-order chi connectivity index (χ0) is 20.9. The summed E-state index contributed by atoms with van der Waals surface area (Å²) in [6, 6.07) is 0. The molecule has 0 radical (unpaired) electrons. The Kier molecular flexibility index (Phi) is 6.33. The lowest BCUT2D eigenvalue weighted by atomic mass is 10.0. The second-order valence-corrected chi connectivity index (χ2v) is 9.25. The molecule has 1 saturated carbocycles. The normalized spacial score (nSPS) is 18.3. The van der Waals surface area contributed by atoms with Gasteiger partial charge in [0.15, 0.2) is 0 Å². The average Bonchev–Trinajstić information content (AvgIpc) is 3.44. The monoisotopic (exact) mass is 444 g/mol. The molecule has 1 fully saturated rings. The number of hydrogen-bond acceptors (Lipinski definition) is 10. The number of nitrogens with zero attached hydrogens (tertiary/aromatic N) is 6. The Hall–Kier alpha value is -2.86. The summed E-state index contributed by atoms with van der Waals surface area (Å²) in [7, 11) is 0. The number of carbonyl (C=O) groups excluding carboxylic acids is 2. The lowest BCUT2D eigenvalue weighted by Crippen LogP contribution is -2.14. The molecular weight excluding hydrogens is 424 g/mol.